The van der Waals surface area contributed by atoms with Crippen molar-refractivity contribution >= 4 is 40.0 Å². The van der Waals surface area contributed by atoms with Gasteiger partial charge in [0.1, 0.15) is 11.5 Å². The zero-order chi connectivity index (χ0) is 18.4. The lowest BCUT2D eigenvalue weighted by Crippen LogP contribution is -2.18. The summed E-state index contributed by atoms with van der Waals surface area (Å²) in [4.78, 5) is 28.4. The summed E-state index contributed by atoms with van der Waals surface area (Å²) in [6.45, 7) is 1.79. The van der Waals surface area contributed by atoms with Crippen molar-refractivity contribution in [3.63, 3.8) is 0 Å². The summed E-state index contributed by atoms with van der Waals surface area (Å²) < 4.78 is 5.66. The van der Waals surface area contributed by atoms with Crippen LogP contribution in [0.15, 0.2) is 57.2 Å². The van der Waals surface area contributed by atoms with Crippen LogP contribution in [0.1, 0.15) is 12.7 Å². The number of hydrogen-bond acceptors (Lipinski definition) is 6. The zero-order valence-electron chi connectivity index (χ0n) is 14.0. The molecule has 0 atom stereocenters. The molecule has 0 saturated heterocycles. The van der Waals surface area contributed by atoms with Crippen molar-refractivity contribution in [3.8, 4) is 11.5 Å². The second-order valence-electron chi connectivity index (χ2n) is 5.36. The predicted octanol–water partition coefficient (Wildman–Crippen LogP) is 3.77. The van der Waals surface area contributed by atoms with E-state index in [4.69, 9.17) is 4.42 Å². The van der Waals surface area contributed by atoms with Gasteiger partial charge in [0.2, 0.25) is 11.8 Å². The quantitative estimate of drug-likeness (QED) is 0.603. The van der Waals surface area contributed by atoms with E-state index in [-0.39, 0.29) is 11.8 Å². The van der Waals surface area contributed by atoms with E-state index in [1.54, 1.807) is 12.1 Å². The van der Waals surface area contributed by atoms with E-state index >= 15 is 0 Å². The van der Waals surface area contributed by atoms with E-state index in [1.165, 1.54) is 30.0 Å². The molecule has 3 rings (SSSR count). The lowest BCUT2D eigenvalue weighted by atomic mass is 10.3. The highest BCUT2D eigenvalue weighted by atomic mass is 32.2. The molecule has 0 aliphatic heterocycles. The van der Waals surface area contributed by atoms with Gasteiger partial charge in [0.15, 0.2) is 10.9 Å². The molecule has 0 aliphatic rings. The van der Waals surface area contributed by atoms with Gasteiger partial charge in [0.05, 0.1) is 12.3 Å². The largest absolute Gasteiger partial charge is 0.458 e. The summed E-state index contributed by atoms with van der Waals surface area (Å²) >= 11 is 2.81. The molecule has 2 amide bonds. The van der Waals surface area contributed by atoms with Gasteiger partial charge in [-0.3, -0.25) is 9.59 Å². The van der Waals surface area contributed by atoms with Crippen molar-refractivity contribution in [1.29, 1.82) is 0 Å². The number of thioether (sulfide) groups is 1. The van der Waals surface area contributed by atoms with Gasteiger partial charge in [0, 0.05) is 17.2 Å². The summed E-state index contributed by atoms with van der Waals surface area (Å²) in [5.74, 6) is 1.34. The molecule has 2 heterocycles. The number of hydrogen-bond donors (Lipinski definition) is 2. The van der Waals surface area contributed by atoms with E-state index in [9.17, 15) is 9.59 Å². The molecule has 8 heteroatoms. The molecule has 2 aromatic heterocycles. The minimum atomic E-state index is -0.116. The Morgan fingerprint density at radius 2 is 2.00 bits per heavy atom. The number of aromatic nitrogens is 1. The fourth-order valence-electron chi connectivity index (χ4n) is 2.09. The highest BCUT2D eigenvalue weighted by molar-refractivity contribution is 8.00. The van der Waals surface area contributed by atoms with Gasteiger partial charge < -0.3 is 15.1 Å². The van der Waals surface area contributed by atoms with Gasteiger partial charge in [-0.05, 0) is 24.3 Å². The van der Waals surface area contributed by atoms with Gasteiger partial charge in [-0.2, -0.15) is 0 Å². The lowest BCUT2D eigenvalue weighted by molar-refractivity contribution is -0.119. The van der Waals surface area contributed by atoms with Crippen LogP contribution in [0.2, 0.25) is 0 Å². The van der Waals surface area contributed by atoms with E-state index in [2.05, 4.69) is 15.6 Å². The Bertz CT molecular complexity index is 890. The molecule has 6 nitrogen and oxygen atoms in total. The van der Waals surface area contributed by atoms with Crippen molar-refractivity contribution in [2.45, 2.75) is 18.4 Å². The van der Waals surface area contributed by atoms with Crippen molar-refractivity contribution in [3.05, 3.63) is 53.6 Å². The molecule has 0 aliphatic carbocycles. The first kappa shape index (κ1) is 18.2. The molecule has 1 aromatic carbocycles. The molecule has 0 saturated carbocycles. The van der Waals surface area contributed by atoms with E-state index in [1.807, 2.05) is 35.7 Å². The van der Waals surface area contributed by atoms with Crippen molar-refractivity contribution < 1.29 is 14.0 Å². The third-order valence-electron chi connectivity index (χ3n) is 3.29. The van der Waals surface area contributed by atoms with Crippen molar-refractivity contribution in [2.75, 3.05) is 11.1 Å². The Labute approximate surface area is 159 Å². The van der Waals surface area contributed by atoms with Crippen LogP contribution in [0.5, 0.6) is 0 Å². The number of anilines is 1. The Kier molecular flexibility index (Phi) is 6.08. The molecule has 0 spiro atoms. The number of benzene rings is 1. The summed E-state index contributed by atoms with van der Waals surface area (Å²) in [6, 6.07) is 13.3. The number of nitrogens with one attached hydrogen (secondary N) is 2. The van der Waals surface area contributed by atoms with Gasteiger partial charge >= 0.3 is 0 Å². The molecule has 0 unspecified atom stereocenters. The molecular formula is C18H17N3O3S2. The summed E-state index contributed by atoms with van der Waals surface area (Å²) in [7, 11) is 0. The van der Waals surface area contributed by atoms with Crippen molar-refractivity contribution in [1.82, 2.24) is 10.3 Å². The maximum Gasteiger partial charge on any atom is 0.236 e. The molecule has 2 N–H and O–H groups in total. The Morgan fingerprint density at radius 3 is 2.77 bits per heavy atom. The minimum absolute atomic E-state index is 0.106. The number of carbonyl (C=O) groups excluding carboxylic acids is 2. The van der Waals surface area contributed by atoms with Crippen molar-refractivity contribution in [2.24, 2.45) is 0 Å². The van der Waals surface area contributed by atoms with Crippen LogP contribution in [-0.4, -0.2) is 22.6 Å². The monoisotopic (exact) mass is 387 g/mol. The second-order valence-corrected chi connectivity index (χ2v) is 7.27. The normalized spacial score (nSPS) is 10.5. The third kappa shape index (κ3) is 5.21. The predicted molar refractivity (Wildman–Crippen MR) is 103 cm³/mol. The average molecular weight is 387 g/mol. The van der Waals surface area contributed by atoms with Gasteiger partial charge in [-0.1, -0.05) is 18.2 Å². The molecule has 3 aromatic rings. The molecule has 134 valence electrons. The number of carbonyl (C=O) groups is 2. The van der Waals surface area contributed by atoms with Crippen LogP contribution in [0.25, 0.3) is 11.5 Å². The Morgan fingerprint density at radius 1 is 1.19 bits per heavy atom. The van der Waals surface area contributed by atoms with Gasteiger partial charge in [-0.15, -0.1) is 23.1 Å². The smallest absolute Gasteiger partial charge is 0.236 e. The first-order chi connectivity index (χ1) is 12.6. The summed E-state index contributed by atoms with van der Waals surface area (Å²) in [5, 5.41) is 7.82. The highest BCUT2D eigenvalue weighted by Gasteiger charge is 2.11. The number of furan rings is 1. The van der Waals surface area contributed by atoms with Crippen LogP contribution in [0.3, 0.4) is 0 Å². The number of amides is 2. The Balaban J connectivity index is 1.54. The summed E-state index contributed by atoms with van der Waals surface area (Å²) in [5.41, 5.74) is 0.648. The minimum Gasteiger partial charge on any atom is -0.458 e. The standard InChI is InChI=1S/C18H17N3O3S2/c1-12(22)19-9-13-7-8-16(24-13)15-10-26-18(20-15)21-17(23)11-25-14-5-3-2-4-6-14/h2-8,10H,9,11H2,1H3,(H,19,22)(H,20,21,23). The molecule has 0 bridgehead atoms. The number of nitrogens with zero attached hydrogens (tertiary/aromatic N) is 1. The maximum absolute atomic E-state index is 12.1. The topological polar surface area (TPSA) is 84.2 Å². The van der Waals surface area contributed by atoms with Crippen LogP contribution < -0.4 is 10.6 Å². The highest BCUT2D eigenvalue weighted by Crippen LogP contribution is 2.27. The van der Waals surface area contributed by atoms with E-state index < -0.39 is 0 Å². The van der Waals surface area contributed by atoms with Crippen LogP contribution >= 0.6 is 23.1 Å². The first-order valence-corrected chi connectivity index (χ1v) is 9.73. The van der Waals surface area contributed by atoms with Crippen LogP contribution in [-0.2, 0) is 16.1 Å². The molecule has 0 fully saturated rings. The molecular weight excluding hydrogens is 370 g/mol. The molecule has 26 heavy (non-hydrogen) atoms. The van der Waals surface area contributed by atoms with Gasteiger partial charge in [-0.25, -0.2) is 4.98 Å². The van der Waals surface area contributed by atoms with E-state index in [0.717, 1.165) is 4.90 Å². The number of rotatable bonds is 7. The summed E-state index contributed by atoms with van der Waals surface area (Å²) in [6.07, 6.45) is 0. The maximum atomic E-state index is 12.1. The third-order valence-corrected chi connectivity index (χ3v) is 5.06. The number of thiazole rings is 1. The lowest BCUT2D eigenvalue weighted by Gasteiger charge is -2.01. The average Bonchev–Trinajstić information content (AvgIpc) is 3.28. The Hall–Kier alpha value is -2.58. The SMILES string of the molecule is CC(=O)NCc1ccc(-c2csc(NC(=O)CSc3ccccc3)n2)o1. The molecule has 0 radical (unpaired) electrons. The second kappa shape index (κ2) is 8.68. The van der Waals surface area contributed by atoms with Crippen LogP contribution in [0.4, 0.5) is 5.13 Å². The first-order valence-electron chi connectivity index (χ1n) is 7.87. The fraction of sp³-hybridized carbons (Fsp3) is 0.167. The zero-order valence-corrected chi connectivity index (χ0v) is 15.7. The van der Waals surface area contributed by atoms with Gasteiger partial charge in [0.25, 0.3) is 0 Å². The van der Waals surface area contributed by atoms with Crippen LogP contribution in [0, 0.1) is 0 Å². The van der Waals surface area contributed by atoms with E-state index in [0.29, 0.717) is 34.6 Å². The fourth-order valence-corrected chi connectivity index (χ4v) is 3.52.